The zero-order chi connectivity index (χ0) is 10.2. The van der Waals surface area contributed by atoms with Crippen molar-refractivity contribution >= 4 is 21.8 Å². The van der Waals surface area contributed by atoms with Gasteiger partial charge in [-0.1, -0.05) is 29.8 Å². The van der Waals surface area contributed by atoms with Gasteiger partial charge in [-0.25, -0.2) is 0 Å². The average molecular weight is 248 g/mol. The summed E-state index contributed by atoms with van der Waals surface area (Å²) in [5.41, 5.74) is 0. The predicted molar refractivity (Wildman–Crippen MR) is 57.9 cm³/mol. The van der Waals surface area contributed by atoms with E-state index in [0.29, 0.717) is 11.8 Å². The summed E-state index contributed by atoms with van der Waals surface area (Å²) < 4.78 is -0.406. The van der Waals surface area contributed by atoms with Gasteiger partial charge in [0.2, 0.25) is 5.91 Å². The minimum absolute atomic E-state index is 0.212. The van der Waals surface area contributed by atoms with Gasteiger partial charge in [0.1, 0.15) is 0 Å². The van der Waals surface area contributed by atoms with E-state index < -0.39 is 4.32 Å². The first-order chi connectivity index (χ1) is 5.82. The molecular formula is C10H18BrNO. The molecule has 2 nitrogen and oxygen atoms in total. The van der Waals surface area contributed by atoms with Crippen molar-refractivity contribution < 1.29 is 4.79 Å². The van der Waals surface area contributed by atoms with E-state index >= 15 is 0 Å². The first-order valence-corrected chi connectivity index (χ1v) is 5.60. The van der Waals surface area contributed by atoms with Gasteiger partial charge >= 0.3 is 0 Å². The molecule has 0 aliphatic carbocycles. The van der Waals surface area contributed by atoms with E-state index in [-0.39, 0.29) is 5.91 Å². The number of halogens is 1. The molecule has 0 N–H and O–H groups in total. The maximum atomic E-state index is 11.8. The van der Waals surface area contributed by atoms with Crippen LogP contribution < -0.4 is 0 Å². The molecule has 2 atom stereocenters. The van der Waals surface area contributed by atoms with Crippen LogP contribution in [0.25, 0.3) is 0 Å². The van der Waals surface area contributed by atoms with Gasteiger partial charge in [0, 0.05) is 13.1 Å². The van der Waals surface area contributed by atoms with Gasteiger partial charge in [-0.15, -0.1) is 0 Å². The highest BCUT2D eigenvalue weighted by Gasteiger charge is 2.35. The Morgan fingerprint density at radius 3 is 2.00 bits per heavy atom. The van der Waals surface area contributed by atoms with Crippen LogP contribution in [0.5, 0.6) is 0 Å². The molecule has 0 saturated carbocycles. The van der Waals surface area contributed by atoms with Crippen molar-refractivity contribution in [2.24, 2.45) is 11.8 Å². The van der Waals surface area contributed by atoms with Gasteiger partial charge in [0.15, 0.2) is 0 Å². The maximum Gasteiger partial charge on any atom is 0.238 e. The van der Waals surface area contributed by atoms with Gasteiger partial charge in [0.05, 0.1) is 4.32 Å². The minimum atomic E-state index is -0.406. The lowest BCUT2D eigenvalue weighted by Crippen LogP contribution is -2.40. The summed E-state index contributed by atoms with van der Waals surface area (Å²) in [5.74, 6) is 1.49. The van der Waals surface area contributed by atoms with E-state index in [9.17, 15) is 4.79 Å². The maximum absolute atomic E-state index is 11.8. The highest BCUT2D eigenvalue weighted by molar-refractivity contribution is 9.10. The first kappa shape index (κ1) is 11.0. The number of alkyl halides is 1. The zero-order valence-corrected chi connectivity index (χ0v) is 10.4. The van der Waals surface area contributed by atoms with Gasteiger partial charge < -0.3 is 4.90 Å². The second-order valence-corrected chi connectivity index (χ2v) is 6.62. The lowest BCUT2D eigenvalue weighted by Gasteiger charge is -2.24. The molecule has 1 heterocycles. The molecule has 1 rings (SSSR count). The number of amides is 1. The van der Waals surface area contributed by atoms with Crippen molar-refractivity contribution in [1.82, 2.24) is 4.90 Å². The highest BCUT2D eigenvalue weighted by Crippen LogP contribution is 2.27. The molecule has 2 unspecified atom stereocenters. The smallest absolute Gasteiger partial charge is 0.238 e. The Kier molecular flexibility index (Phi) is 3.05. The Morgan fingerprint density at radius 2 is 1.69 bits per heavy atom. The Balaban J connectivity index is 2.61. The van der Waals surface area contributed by atoms with Gasteiger partial charge in [-0.05, 0) is 25.7 Å². The Hall–Kier alpha value is -0.0500. The molecule has 0 aromatic heterocycles. The van der Waals surface area contributed by atoms with E-state index in [1.54, 1.807) is 0 Å². The lowest BCUT2D eigenvalue weighted by molar-refractivity contribution is -0.131. The van der Waals surface area contributed by atoms with Crippen molar-refractivity contribution in [2.45, 2.75) is 32.0 Å². The fraction of sp³-hybridized carbons (Fsp3) is 0.900. The number of carbonyl (C=O) groups excluding carboxylic acids is 1. The van der Waals surface area contributed by atoms with Crippen molar-refractivity contribution in [3.8, 4) is 0 Å². The fourth-order valence-corrected chi connectivity index (χ4v) is 1.92. The largest absolute Gasteiger partial charge is 0.341 e. The molecule has 1 aliphatic rings. The molecule has 0 aromatic rings. The molecule has 0 bridgehead atoms. The molecule has 0 aromatic carbocycles. The molecule has 1 saturated heterocycles. The quantitative estimate of drug-likeness (QED) is 0.652. The predicted octanol–water partition coefficient (Wildman–Crippen LogP) is 2.27. The van der Waals surface area contributed by atoms with Crippen LogP contribution in [0.1, 0.15) is 27.7 Å². The number of likely N-dealkylation sites (tertiary alicyclic amines) is 1. The van der Waals surface area contributed by atoms with Crippen LogP contribution in [0.15, 0.2) is 0 Å². The van der Waals surface area contributed by atoms with Gasteiger partial charge in [-0.3, -0.25) is 4.79 Å². The van der Waals surface area contributed by atoms with E-state index in [2.05, 4.69) is 29.8 Å². The molecule has 1 fully saturated rings. The Labute approximate surface area is 88.8 Å². The van der Waals surface area contributed by atoms with Crippen LogP contribution in [-0.2, 0) is 4.79 Å². The number of hydrogen-bond acceptors (Lipinski definition) is 1. The minimum Gasteiger partial charge on any atom is -0.341 e. The normalized spacial score (nSPS) is 29.5. The lowest BCUT2D eigenvalue weighted by atomic mass is 10.0. The molecular weight excluding hydrogens is 230 g/mol. The summed E-state index contributed by atoms with van der Waals surface area (Å²) in [6.45, 7) is 10.0. The summed E-state index contributed by atoms with van der Waals surface area (Å²) >= 11 is 3.40. The van der Waals surface area contributed by atoms with Gasteiger partial charge in [0.25, 0.3) is 0 Å². The summed E-state index contributed by atoms with van der Waals surface area (Å²) in [6, 6.07) is 0. The van der Waals surface area contributed by atoms with Crippen molar-refractivity contribution in [1.29, 1.82) is 0 Å². The van der Waals surface area contributed by atoms with Crippen LogP contribution in [0.4, 0.5) is 0 Å². The standard InChI is InChI=1S/C10H18BrNO/c1-7-5-12(6-8(7)2)9(13)10(3,4)11/h7-8H,5-6H2,1-4H3. The Bertz CT molecular complexity index is 199. The van der Waals surface area contributed by atoms with Crippen LogP contribution in [-0.4, -0.2) is 28.2 Å². The number of nitrogens with zero attached hydrogens (tertiary/aromatic N) is 1. The van der Waals surface area contributed by atoms with Crippen molar-refractivity contribution in [3.05, 3.63) is 0 Å². The number of rotatable bonds is 1. The first-order valence-electron chi connectivity index (χ1n) is 4.80. The molecule has 1 amide bonds. The monoisotopic (exact) mass is 247 g/mol. The van der Waals surface area contributed by atoms with Gasteiger partial charge in [-0.2, -0.15) is 0 Å². The van der Waals surface area contributed by atoms with E-state index in [4.69, 9.17) is 0 Å². The van der Waals surface area contributed by atoms with Crippen molar-refractivity contribution in [2.75, 3.05) is 13.1 Å². The van der Waals surface area contributed by atoms with Crippen LogP contribution >= 0.6 is 15.9 Å². The number of carbonyl (C=O) groups is 1. The van der Waals surface area contributed by atoms with E-state index in [0.717, 1.165) is 13.1 Å². The fourth-order valence-electron chi connectivity index (χ4n) is 1.67. The van der Waals surface area contributed by atoms with Crippen molar-refractivity contribution in [3.63, 3.8) is 0 Å². The summed E-state index contributed by atoms with van der Waals surface area (Å²) in [5, 5.41) is 0. The third-order valence-corrected chi connectivity index (χ3v) is 3.12. The zero-order valence-electron chi connectivity index (χ0n) is 8.80. The SMILES string of the molecule is CC1CN(C(=O)C(C)(C)Br)CC1C. The topological polar surface area (TPSA) is 20.3 Å². The second-order valence-electron chi connectivity index (χ2n) is 4.64. The molecule has 76 valence electrons. The summed E-state index contributed by atoms with van der Waals surface area (Å²) in [7, 11) is 0. The molecule has 3 heteroatoms. The summed E-state index contributed by atoms with van der Waals surface area (Å²) in [6.07, 6.45) is 0. The van der Waals surface area contributed by atoms with Crippen LogP contribution in [0.3, 0.4) is 0 Å². The van der Waals surface area contributed by atoms with E-state index in [1.807, 2.05) is 18.7 Å². The third kappa shape index (κ3) is 2.46. The molecule has 13 heavy (non-hydrogen) atoms. The van der Waals surface area contributed by atoms with Crippen LogP contribution in [0.2, 0.25) is 0 Å². The molecule has 0 spiro atoms. The van der Waals surface area contributed by atoms with E-state index in [1.165, 1.54) is 0 Å². The highest BCUT2D eigenvalue weighted by atomic mass is 79.9. The molecule has 0 radical (unpaired) electrons. The Morgan fingerprint density at radius 1 is 1.31 bits per heavy atom. The molecule has 1 aliphatic heterocycles. The second kappa shape index (κ2) is 3.60. The van der Waals surface area contributed by atoms with Crippen LogP contribution in [0, 0.1) is 11.8 Å². The third-order valence-electron chi connectivity index (χ3n) is 2.78. The summed E-state index contributed by atoms with van der Waals surface area (Å²) in [4.78, 5) is 13.8. The average Bonchev–Trinajstić information content (AvgIpc) is 2.29. The number of hydrogen-bond donors (Lipinski definition) is 0.